The molecular weight excluding hydrogens is 330 g/mol. The smallest absolute Gasteiger partial charge is 0.223 e. The van der Waals surface area contributed by atoms with Crippen molar-refractivity contribution in [2.24, 2.45) is 0 Å². The number of amides is 1. The fourth-order valence-electron chi connectivity index (χ4n) is 3.06. The lowest BCUT2D eigenvalue weighted by molar-refractivity contribution is -0.121. The first-order valence-electron chi connectivity index (χ1n) is 9.04. The van der Waals surface area contributed by atoms with Gasteiger partial charge in [-0.3, -0.25) is 4.79 Å². The highest BCUT2D eigenvalue weighted by Crippen LogP contribution is 2.21. The van der Waals surface area contributed by atoms with Crippen molar-refractivity contribution in [2.75, 3.05) is 24.6 Å². The quantitative estimate of drug-likeness (QED) is 0.796. The van der Waals surface area contributed by atoms with E-state index in [2.05, 4.69) is 15.2 Å². The first-order valence-corrected chi connectivity index (χ1v) is 9.04. The summed E-state index contributed by atoms with van der Waals surface area (Å²) in [5.74, 6) is 1.54. The van der Waals surface area contributed by atoms with Gasteiger partial charge >= 0.3 is 0 Å². The third kappa shape index (κ3) is 5.20. The molecule has 26 heavy (non-hydrogen) atoms. The first kappa shape index (κ1) is 18.2. The molecule has 1 amide bonds. The van der Waals surface area contributed by atoms with E-state index < -0.39 is 0 Å². The third-order valence-electron chi connectivity index (χ3n) is 4.38. The molecule has 6 heteroatoms. The van der Waals surface area contributed by atoms with Crippen LogP contribution < -0.4 is 15.0 Å². The van der Waals surface area contributed by atoms with Crippen LogP contribution in [-0.2, 0) is 11.3 Å². The lowest BCUT2D eigenvalue weighted by Gasteiger charge is -2.32. The molecule has 1 aliphatic rings. The summed E-state index contributed by atoms with van der Waals surface area (Å²) < 4.78 is 5.55. The molecular formula is C20H25N3O3. The molecule has 1 fully saturated rings. The molecule has 1 atom stereocenters. The van der Waals surface area contributed by atoms with E-state index >= 15 is 0 Å². The molecule has 2 heterocycles. The van der Waals surface area contributed by atoms with Gasteiger partial charge in [-0.25, -0.2) is 4.98 Å². The Morgan fingerprint density at radius 2 is 2.12 bits per heavy atom. The van der Waals surface area contributed by atoms with Crippen molar-refractivity contribution in [3.63, 3.8) is 0 Å². The van der Waals surface area contributed by atoms with Gasteiger partial charge in [-0.15, -0.1) is 0 Å². The highest BCUT2D eigenvalue weighted by molar-refractivity contribution is 5.76. The molecule has 1 aromatic carbocycles. The third-order valence-corrected chi connectivity index (χ3v) is 4.38. The molecule has 138 valence electrons. The van der Waals surface area contributed by atoms with Gasteiger partial charge in [0.05, 0.1) is 19.1 Å². The van der Waals surface area contributed by atoms with Gasteiger partial charge in [0.2, 0.25) is 5.91 Å². The highest BCUT2D eigenvalue weighted by Gasteiger charge is 2.20. The van der Waals surface area contributed by atoms with E-state index in [1.54, 1.807) is 6.20 Å². The number of rotatable bonds is 7. The minimum atomic E-state index is -0.316. The first-order chi connectivity index (χ1) is 12.7. The lowest BCUT2D eigenvalue weighted by atomic mass is 10.1. The van der Waals surface area contributed by atoms with Crippen molar-refractivity contribution in [3.05, 3.63) is 54.2 Å². The number of anilines is 1. The Morgan fingerprint density at radius 1 is 1.27 bits per heavy atom. The lowest BCUT2D eigenvalue weighted by Crippen LogP contribution is -2.39. The summed E-state index contributed by atoms with van der Waals surface area (Å²) in [4.78, 5) is 18.6. The van der Waals surface area contributed by atoms with Crippen LogP contribution in [0.15, 0.2) is 48.7 Å². The second-order valence-corrected chi connectivity index (χ2v) is 6.42. The zero-order chi connectivity index (χ0) is 18.2. The number of nitrogens with one attached hydrogen (secondary N) is 1. The highest BCUT2D eigenvalue weighted by atomic mass is 16.5. The summed E-state index contributed by atoms with van der Waals surface area (Å²) in [6.45, 7) is 2.22. The molecule has 1 saturated heterocycles. The van der Waals surface area contributed by atoms with Crippen LogP contribution in [0, 0.1) is 0 Å². The van der Waals surface area contributed by atoms with Crippen LogP contribution in [0.4, 0.5) is 5.82 Å². The number of β-amino-alcohol motifs (C(OH)–C–C–N with tert-alkyl or cyclic N) is 1. The zero-order valence-electron chi connectivity index (χ0n) is 14.8. The minimum Gasteiger partial charge on any atom is -0.493 e. The fraction of sp³-hybridized carbons (Fsp3) is 0.400. The number of hydrogen-bond donors (Lipinski definition) is 2. The molecule has 2 aromatic rings. The summed E-state index contributed by atoms with van der Waals surface area (Å²) in [7, 11) is 0. The average molecular weight is 355 g/mol. The van der Waals surface area contributed by atoms with Crippen molar-refractivity contribution in [1.29, 1.82) is 0 Å². The summed E-state index contributed by atoms with van der Waals surface area (Å²) in [6.07, 6.45) is 3.50. The van der Waals surface area contributed by atoms with E-state index in [-0.39, 0.29) is 12.0 Å². The van der Waals surface area contributed by atoms with E-state index in [9.17, 15) is 9.90 Å². The second kappa shape index (κ2) is 9.20. The Kier molecular flexibility index (Phi) is 6.44. The number of carbonyl (C=O) groups excluding carboxylic acids is 1. The average Bonchev–Trinajstić information content (AvgIpc) is 2.67. The van der Waals surface area contributed by atoms with E-state index in [4.69, 9.17) is 4.74 Å². The number of hydrogen-bond acceptors (Lipinski definition) is 5. The maximum Gasteiger partial charge on any atom is 0.223 e. The van der Waals surface area contributed by atoms with Gasteiger partial charge in [0.15, 0.2) is 0 Å². The minimum absolute atomic E-state index is 0.0607. The van der Waals surface area contributed by atoms with Crippen LogP contribution in [-0.4, -0.2) is 41.8 Å². The number of nitrogens with zero attached hydrogens (tertiary/aromatic N) is 2. The Hall–Kier alpha value is -2.60. The van der Waals surface area contributed by atoms with Crippen LogP contribution in [0.25, 0.3) is 0 Å². The largest absolute Gasteiger partial charge is 0.493 e. The van der Waals surface area contributed by atoms with E-state index in [1.807, 2.05) is 42.5 Å². The molecule has 3 rings (SSSR count). The number of benzene rings is 1. The van der Waals surface area contributed by atoms with E-state index in [0.717, 1.165) is 36.5 Å². The van der Waals surface area contributed by atoms with Gasteiger partial charge in [-0.1, -0.05) is 24.3 Å². The number of aliphatic hydroxyl groups is 1. The summed E-state index contributed by atoms with van der Waals surface area (Å²) in [5, 5.41) is 12.8. The molecule has 6 nitrogen and oxygen atoms in total. The summed E-state index contributed by atoms with van der Waals surface area (Å²) >= 11 is 0. The Balaban J connectivity index is 1.49. The van der Waals surface area contributed by atoms with E-state index in [1.165, 1.54) is 0 Å². The van der Waals surface area contributed by atoms with Gasteiger partial charge in [0, 0.05) is 31.4 Å². The summed E-state index contributed by atoms with van der Waals surface area (Å²) in [5.41, 5.74) is 0.957. The SMILES string of the molecule is O=C(CCOc1ccccc1)NCc1cccnc1N1CCCC(O)C1. The van der Waals surface area contributed by atoms with Gasteiger partial charge in [0.25, 0.3) is 0 Å². The molecule has 2 N–H and O–H groups in total. The van der Waals surface area contributed by atoms with Gasteiger partial charge in [-0.05, 0) is 31.0 Å². The summed E-state index contributed by atoms with van der Waals surface area (Å²) in [6, 6.07) is 13.3. The molecule has 0 spiro atoms. The van der Waals surface area contributed by atoms with Gasteiger partial charge in [0.1, 0.15) is 11.6 Å². The maximum atomic E-state index is 12.1. The fourth-order valence-corrected chi connectivity index (χ4v) is 3.06. The van der Waals surface area contributed by atoms with Gasteiger partial charge < -0.3 is 20.1 Å². The topological polar surface area (TPSA) is 74.7 Å². The number of carbonyl (C=O) groups is 1. The predicted octanol–water partition coefficient (Wildman–Crippen LogP) is 2.13. The second-order valence-electron chi connectivity index (χ2n) is 6.42. The molecule has 0 aliphatic carbocycles. The van der Waals surface area contributed by atoms with Crippen LogP contribution in [0.5, 0.6) is 5.75 Å². The molecule has 1 aromatic heterocycles. The molecule has 1 aliphatic heterocycles. The zero-order valence-corrected chi connectivity index (χ0v) is 14.8. The van der Waals surface area contributed by atoms with Crippen molar-refractivity contribution in [3.8, 4) is 5.75 Å². The normalized spacial score (nSPS) is 17.0. The number of ether oxygens (including phenoxy) is 1. The van der Waals surface area contributed by atoms with E-state index in [0.29, 0.717) is 26.1 Å². The van der Waals surface area contributed by atoms with Crippen molar-refractivity contribution in [1.82, 2.24) is 10.3 Å². The van der Waals surface area contributed by atoms with Crippen LogP contribution in [0.1, 0.15) is 24.8 Å². The Morgan fingerprint density at radius 3 is 2.92 bits per heavy atom. The number of pyridine rings is 1. The van der Waals surface area contributed by atoms with Crippen molar-refractivity contribution >= 4 is 11.7 Å². The molecule has 0 bridgehead atoms. The Labute approximate surface area is 153 Å². The van der Waals surface area contributed by atoms with Crippen LogP contribution >= 0.6 is 0 Å². The van der Waals surface area contributed by atoms with Crippen LogP contribution in [0.3, 0.4) is 0 Å². The Bertz CT molecular complexity index is 708. The number of para-hydroxylation sites is 1. The predicted molar refractivity (Wildman–Crippen MR) is 100 cm³/mol. The number of aromatic nitrogens is 1. The molecule has 0 saturated carbocycles. The number of piperidine rings is 1. The van der Waals surface area contributed by atoms with Crippen molar-refractivity contribution in [2.45, 2.75) is 31.9 Å². The van der Waals surface area contributed by atoms with Crippen molar-refractivity contribution < 1.29 is 14.6 Å². The number of aliphatic hydroxyl groups excluding tert-OH is 1. The molecule has 0 radical (unpaired) electrons. The monoisotopic (exact) mass is 355 g/mol. The van der Waals surface area contributed by atoms with Crippen LogP contribution in [0.2, 0.25) is 0 Å². The standard InChI is InChI=1S/C20H25N3O3/c24-17-7-5-12-23(15-17)20-16(6-4-11-21-20)14-22-19(25)10-13-26-18-8-2-1-3-9-18/h1-4,6,8-9,11,17,24H,5,7,10,12-15H2,(H,22,25). The van der Waals surface area contributed by atoms with Gasteiger partial charge in [-0.2, -0.15) is 0 Å². The molecule has 1 unspecified atom stereocenters. The maximum absolute atomic E-state index is 12.1.